The zero-order valence-corrected chi connectivity index (χ0v) is 14.0. The number of benzene rings is 2. The number of aromatic amines is 1. The minimum absolute atomic E-state index is 0.237. The van der Waals surface area contributed by atoms with Crippen LogP contribution in [0.25, 0.3) is 10.9 Å². The SMILES string of the molecule is COc1ccc(NC(=S)NCCc2c[nH]c3cc(F)ccc23)cc1. The summed E-state index contributed by atoms with van der Waals surface area (Å²) in [5.74, 6) is 0.564. The fraction of sp³-hybridized carbons (Fsp3) is 0.167. The van der Waals surface area contributed by atoms with Gasteiger partial charge in [-0.3, -0.25) is 0 Å². The van der Waals surface area contributed by atoms with Crippen LogP contribution in [0, 0.1) is 5.82 Å². The van der Waals surface area contributed by atoms with Crippen molar-refractivity contribution in [3.05, 3.63) is 60.0 Å². The van der Waals surface area contributed by atoms with Gasteiger partial charge in [-0.05, 0) is 66.7 Å². The molecule has 6 heteroatoms. The second-order valence-electron chi connectivity index (χ2n) is 5.36. The van der Waals surface area contributed by atoms with Gasteiger partial charge in [0.25, 0.3) is 0 Å². The number of rotatable bonds is 5. The molecule has 3 rings (SSSR count). The van der Waals surface area contributed by atoms with E-state index < -0.39 is 0 Å². The molecule has 0 radical (unpaired) electrons. The zero-order valence-electron chi connectivity index (χ0n) is 13.2. The van der Waals surface area contributed by atoms with Crippen LogP contribution in [0.1, 0.15) is 5.56 Å². The maximum absolute atomic E-state index is 13.2. The molecule has 1 aromatic heterocycles. The summed E-state index contributed by atoms with van der Waals surface area (Å²) < 4.78 is 18.3. The van der Waals surface area contributed by atoms with Crippen molar-refractivity contribution in [2.45, 2.75) is 6.42 Å². The number of aromatic nitrogens is 1. The lowest BCUT2D eigenvalue weighted by atomic mass is 10.1. The molecule has 2 aromatic carbocycles. The van der Waals surface area contributed by atoms with Crippen molar-refractivity contribution in [3.8, 4) is 5.75 Å². The smallest absolute Gasteiger partial charge is 0.170 e. The van der Waals surface area contributed by atoms with E-state index in [0.717, 1.165) is 34.3 Å². The van der Waals surface area contributed by atoms with Crippen LogP contribution in [0.4, 0.5) is 10.1 Å². The van der Waals surface area contributed by atoms with E-state index in [2.05, 4.69) is 15.6 Å². The number of hydrogen-bond donors (Lipinski definition) is 3. The zero-order chi connectivity index (χ0) is 16.9. The first-order valence-corrected chi connectivity index (χ1v) is 8.01. The molecule has 0 aliphatic carbocycles. The first kappa shape index (κ1) is 16.3. The highest BCUT2D eigenvalue weighted by Crippen LogP contribution is 2.19. The topological polar surface area (TPSA) is 49.1 Å². The summed E-state index contributed by atoms with van der Waals surface area (Å²) in [4.78, 5) is 3.09. The lowest BCUT2D eigenvalue weighted by Gasteiger charge is -2.10. The van der Waals surface area contributed by atoms with E-state index in [1.54, 1.807) is 13.2 Å². The monoisotopic (exact) mass is 343 g/mol. The van der Waals surface area contributed by atoms with E-state index in [1.807, 2.05) is 30.5 Å². The Hall–Kier alpha value is -2.60. The van der Waals surface area contributed by atoms with Crippen LogP contribution in [0.3, 0.4) is 0 Å². The molecule has 3 aromatic rings. The van der Waals surface area contributed by atoms with E-state index in [9.17, 15) is 4.39 Å². The molecule has 0 bridgehead atoms. The molecule has 0 amide bonds. The minimum atomic E-state index is -0.237. The molecule has 0 unspecified atom stereocenters. The van der Waals surface area contributed by atoms with Crippen molar-refractivity contribution in [2.75, 3.05) is 19.0 Å². The third-order valence-corrected chi connectivity index (χ3v) is 4.00. The Kier molecular flexibility index (Phi) is 4.96. The van der Waals surface area contributed by atoms with Crippen molar-refractivity contribution in [2.24, 2.45) is 0 Å². The Bertz CT molecular complexity index is 845. The van der Waals surface area contributed by atoms with Crippen LogP contribution in [-0.2, 0) is 6.42 Å². The summed E-state index contributed by atoms with van der Waals surface area (Å²) >= 11 is 5.29. The number of H-pyrrole nitrogens is 1. The highest BCUT2D eigenvalue weighted by Gasteiger charge is 2.05. The highest BCUT2D eigenvalue weighted by atomic mass is 32.1. The van der Waals surface area contributed by atoms with E-state index in [-0.39, 0.29) is 5.82 Å². The molecule has 4 nitrogen and oxygen atoms in total. The summed E-state index contributed by atoms with van der Waals surface area (Å²) in [6.45, 7) is 0.687. The van der Waals surface area contributed by atoms with Crippen LogP contribution in [0.2, 0.25) is 0 Å². The fourth-order valence-electron chi connectivity index (χ4n) is 2.53. The first-order chi connectivity index (χ1) is 11.7. The van der Waals surface area contributed by atoms with Gasteiger partial charge in [0.2, 0.25) is 0 Å². The quantitative estimate of drug-likeness (QED) is 0.616. The molecule has 0 saturated carbocycles. The summed E-state index contributed by atoms with van der Waals surface area (Å²) in [6, 6.07) is 12.3. The number of ether oxygens (including phenoxy) is 1. The van der Waals surface area contributed by atoms with Gasteiger partial charge < -0.3 is 20.4 Å². The maximum Gasteiger partial charge on any atom is 0.170 e. The van der Waals surface area contributed by atoms with Crippen molar-refractivity contribution in [3.63, 3.8) is 0 Å². The van der Waals surface area contributed by atoms with E-state index in [0.29, 0.717) is 11.7 Å². The average molecular weight is 343 g/mol. The molecule has 124 valence electrons. The van der Waals surface area contributed by atoms with Crippen molar-refractivity contribution in [1.29, 1.82) is 0 Å². The third-order valence-electron chi connectivity index (χ3n) is 3.76. The van der Waals surface area contributed by atoms with Gasteiger partial charge in [-0.1, -0.05) is 0 Å². The van der Waals surface area contributed by atoms with Crippen LogP contribution in [-0.4, -0.2) is 23.8 Å². The number of methoxy groups -OCH3 is 1. The molecule has 24 heavy (non-hydrogen) atoms. The van der Waals surface area contributed by atoms with E-state index in [1.165, 1.54) is 12.1 Å². The Morgan fingerprint density at radius 3 is 2.75 bits per heavy atom. The average Bonchev–Trinajstić information content (AvgIpc) is 2.97. The number of nitrogens with one attached hydrogen (secondary N) is 3. The van der Waals surface area contributed by atoms with Gasteiger partial charge in [0.15, 0.2) is 5.11 Å². The molecule has 0 spiro atoms. The predicted octanol–water partition coefficient (Wildman–Crippen LogP) is 3.84. The van der Waals surface area contributed by atoms with Gasteiger partial charge in [-0.15, -0.1) is 0 Å². The van der Waals surface area contributed by atoms with Crippen LogP contribution in [0.15, 0.2) is 48.7 Å². The second kappa shape index (κ2) is 7.31. The number of hydrogen-bond acceptors (Lipinski definition) is 2. The maximum atomic E-state index is 13.2. The Balaban J connectivity index is 1.52. The molecule has 0 atom stereocenters. The number of thiocarbonyl (C=S) groups is 1. The van der Waals surface area contributed by atoms with Gasteiger partial charge in [0.05, 0.1) is 7.11 Å². The number of fused-ring (bicyclic) bond motifs is 1. The largest absolute Gasteiger partial charge is 0.497 e. The van der Waals surface area contributed by atoms with Crippen molar-refractivity contribution >= 4 is 33.9 Å². The number of halogens is 1. The minimum Gasteiger partial charge on any atom is -0.497 e. The molecule has 1 heterocycles. The van der Waals surface area contributed by atoms with E-state index in [4.69, 9.17) is 17.0 Å². The summed E-state index contributed by atoms with van der Waals surface area (Å²) in [7, 11) is 1.63. The van der Waals surface area contributed by atoms with Gasteiger partial charge in [0.1, 0.15) is 11.6 Å². The Morgan fingerprint density at radius 1 is 1.21 bits per heavy atom. The predicted molar refractivity (Wildman–Crippen MR) is 99.2 cm³/mol. The Morgan fingerprint density at radius 2 is 2.00 bits per heavy atom. The second-order valence-corrected chi connectivity index (χ2v) is 5.77. The third kappa shape index (κ3) is 3.83. The summed E-state index contributed by atoms with van der Waals surface area (Å²) in [6.07, 6.45) is 2.70. The van der Waals surface area contributed by atoms with Gasteiger partial charge >= 0.3 is 0 Å². The number of anilines is 1. The molecule has 0 saturated heterocycles. The summed E-state index contributed by atoms with van der Waals surface area (Å²) in [5.41, 5.74) is 2.84. The summed E-state index contributed by atoms with van der Waals surface area (Å²) in [5, 5.41) is 7.90. The lowest BCUT2D eigenvalue weighted by molar-refractivity contribution is 0.415. The molecule has 0 aliphatic heterocycles. The van der Waals surface area contributed by atoms with Crippen LogP contribution >= 0.6 is 12.2 Å². The fourth-order valence-corrected chi connectivity index (χ4v) is 2.75. The molecular formula is C18H18FN3OS. The van der Waals surface area contributed by atoms with E-state index >= 15 is 0 Å². The molecular weight excluding hydrogens is 325 g/mol. The molecule has 3 N–H and O–H groups in total. The molecule has 0 aliphatic rings. The standard InChI is InChI=1S/C18H18FN3OS/c1-23-15-5-3-14(4-6-15)22-18(24)20-9-8-12-11-21-17-10-13(19)2-7-16(12)17/h2-7,10-11,21H,8-9H2,1H3,(H2,20,22,24). The van der Waals surface area contributed by atoms with Gasteiger partial charge in [0, 0.05) is 29.3 Å². The van der Waals surface area contributed by atoms with Gasteiger partial charge in [-0.2, -0.15) is 0 Å². The van der Waals surface area contributed by atoms with Crippen molar-refractivity contribution < 1.29 is 9.13 Å². The first-order valence-electron chi connectivity index (χ1n) is 7.60. The highest BCUT2D eigenvalue weighted by molar-refractivity contribution is 7.80. The van der Waals surface area contributed by atoms with Crippen LogP contribution in [0.5, 0.6) is 5.75 Å². The van der Waals surface area contributed by atoms with Crippen molar-refractivity contribution in [1.82, 2.24) is 10.3 Å². The lowest BCUT2D eigenvalue weighted by Crippen LogP contribution is -2.30. The van der Waals surface area contributed by atoms with Crippen LogP contribution < -0.4 is 15.4 Å². The normalized spacial score (nSPS) is 10.6. The molecule has 0 fully saturated rings. The Labute approximate surface area is 145 Å². The van der Waals surface area contributed by atoms with Gasteiger partial charge in [-0.25, -0.2) is 4.39 Å².